The summed E-state index contributed by atoms with van der Waals surface area (Å²) in [6, 6.07) is 4.96. The third-order valence-corrected chi connectivity index (χ3v) is 2.99. The van der Waals surface area contributed by atoms with Gasteiger partial charge in [-0.3, -0.25) is 0 Å². The van der Waals surface area contributed by atoms with Crippen LogP contribution in [0, 0.1) is 5.82 Å². The van der Waals surface area contributed by atoms with Gasteiger partial charge in [0, 0.05) is 26.2 Å². The highest BCUT2D eigenvalue weighted by molar-refractivity contribution is 5.59. The third kappa shape index (κ3) is 2.11. The Labute approximate surface area is 95.4 Å². The second-order valence-corrected chi connectivity index (χ2v) is 4.08. The van der Waals surface area contributed by atoms with Crippen LogP contribution >= 0.6 is 0 Å². The zero-order valence-corrected chi connectivity index (χ0v) is 9.74. The lowest BCUT2D eigenvalue weighted by atomic mass is 10.2. The number of likely N-dealkylation sites (N-methyl/N-ethyl adjacent to an activating group) is 1. The number of rotatable bonds is 2. The maximum atomic E-state index is 13.8. The molecule has 0 bridgehead atoms. The minimum atomic E-state index is -0.205. The highest BCUT2D eigenvalue weighted by Gasteiger charge is 2.20. The molecule has 0 radical (unpaired) electrons. The Balaban J connectivity index is 2.25. The molecule has 0 aliphatic carbocycles. The Bertz CT molecular complexity index is 362. The fraction of sp³-hybridized carbons (Fsp3) is 0.500. The van der Waals surface area contributed by atoms with E-state index in [4.69, 9.17) is 4.74 Å². The van der Waals surface area contributed by atoms with Gasteiger partial charge in [0.15, 0.2) is 0 Å². The van der Waals surface area contributed by atoms with Gasteiger partial charge >= 0.3 is 0 Å². The first-order chi connectivity index (χ1) is 7.72. The van der Waals surface area contributed by atoms with E-state index < -0.39 is 0 Å². The van der Waals surface area contributed by atoms with E-state index >= 15 is 0 Å². The molecular weight excluding hydrogens is 207 g/mol. The molecule has 16 heavy (non-hydrogen) atoms. The highest BCUT2D eigenvalue weighted by atomic mass is 19.1. The molecule has 0 spiro atoms. The van der Waals surface area contributed by atoms with Gasteiger partial charge in [0.2, 0.25) is 0 Å². The molecule has 0 N–H and O–H groups in total. The van der Waals surface area contributed by atoms with Crippen LogP contribution in [0.1, 0.15) is 0 Å². The molecule has 1 aromatic carbocycles. The summed E-state index contributed by atoms with van der Waals surface area (Å²) in [5.41, 5.74) is 0.595. The first-order valence-corrected chi connectivity index (χ1v) is 5.48. The van der Waals surface area contributed by atoms with Crippen LogP contribution in [-0.4, -0.2) is 45.2 Å². The molecule has 1 aliphatic rings. The first-order valence-electron chi connectivity index (χ1n) is 5.48. The van der Waals surface area contributed by atoms with Gasteiger partial charge in [-0.1, -0.05) is 6.07 Å². The summed E-state index contributed by atoms with van der Waals surface area (Å²) in [5, 5.41) is 0. The van der Waals surface area contributed by atoms with Crippen molar-refractivity contribution in [3.63, 3.8) is 0 Å². The van der Waals surface area contributed by atoms with E-state index in [0.29, 0.717) is 11.4 Å². The van der Waals surface area contributed by atoms with Gasteiger partial charge in [0.25, 0.3) is 0 Å². The zero-order chi connectivity index (χ0) is 11.5. The Morgan fingerprint density at radius 3 is 2.50 bits per heavy atom. The van der Waals surface area contributed by atoms with Gasteiger partial charge < -0.3 is 14.5 Å². The quantitative estimate of drug-likeness (QED) is 0.758. The number of para-hydroxylation sites is 1. The molecule has 88 valence electrons. The number of methoxy groups -OCH3 is 1. The summed E-state index contributed by atoms with van der Waals surface area (Å²) < 4.78 is 19.0. The van der Waals surface area contributed by atoms with Gasteiger partial charge in [0.05, 0.1) is 7.11 Å². The highest BCUT2D eigenvalue weighted by Crippen LogP contribution is 2.31. The SMILES string of the molecule is COc1cccc(F)c1N1CCN(C)CC1. The number of ether oxygens (including phenoxy) is 1. The van der Waals surface area contributed by atoms with E-state index in [1.807, 2.05) is 4.90 Å². The van der Waals surface area contributed by atoms with E-state index in [1.165, 1.54) is 6.07 Å². The molecule has 1 aliphatic heterocycles. The number of anilines is 1. The molecule has 0 amide bonds. The summed E-state index contributed by atoms with van der Waals surface area (Å²) >= 11 is 0. The van der Waals surface area contributed by atoms with Crippen LogP contribution in [0.15, 0.2) is 18.2 Å². The molecule has 4 heteroatoms. The number of benzene rings is 1. The second kappa shape index (κ2) is 4.70. The Morgan fingerprint density at radius 2 is 1.88 bits per heavy atom. The van der Waals surface area contributed by atoms with Crippen LogP contribution < -0.4 is 9.64 Å². The van der Waals surface area contributed by atoms with Gasteiger partial charge in [-0.2, -0.15) is 0 Å². The fourth-order valence-corrected chi connectivity index (χ4v) is 2.00. The minimum absolute atomic E-state index is 0.205. The molecule has 1 saturated heterocycles. The minimum Gasteiger partial charge on any atom is -0.494 e. The summed E-state index contributed by atoms with van der Waals surface area (Å²) in [4.78, 5) is 4.29. The predicted octanol–water partition coefficient (Wildman–Crippen LogP) is 1.59. The lowest BCUT2D eigenvalue weighted by Gasteiger charge is -2.34. The van der Waals surface area contributed by atoms with E-state index in [2.05, 4.69) is 11.9 Å². The molecule has 1 fully saturated rings. The maximum Gasteiger partial charge on any atom is 0.150 e. The summed E-state index contributed by atoms with van der Waals surface area (Å²) in [7, 11) is 3.66. The van der Waals surface area contributed by atoms with Crippen molar-refractivity contribution in [2.75, 3.05) is 45.2 Å². The molecule has 0 atom stereocenters. The van der Waals surface area contributed by atoms with Crippen LogP contribution in [0.4, 0.5) is 10.1 Å². The van der Waals surface area contributed by atoms with E-state index in [9.17, 15) is 4.39 Å². The maximum absolute atomic E-state index is 13.8. The molecule has 0 unspecified atom stereocenters. The average molecular weight is 224 g/mol. The van der Waals surface area contributed by atoms with Gasteiger partial charge in [-0.15, -0.1) is 0 Å². The van der Waals surface area contributed by atoms with E-state index in [-0.39, 0.29) is 5.82 Å². The molecule has 0 aromatic heterocycles. The standard InChI is InChI=1S/C12H17FN2O/c1-14-6-8-15(9-7-14)12-10(13)4-3-5-11(12)16-2/h3-5H,6-9H2,1-2H3. The lowest BCUT2D eigenvalue weighted by molar-refractivity contribution is 0.309. The fourth-order valence-electron chi connectivity index (χ4n) is 2.00. The van der Waals surface area contributed by atoms with Crippen molar-refractivity contribution in [3.05, 3.63) is 24.0 Å². The third-order valence-electron chi connectivity index (χ3n) is 2.99. The monoisotopic (exact) mass is 224 g/mol. The lowest BCUT2D eigenvalue weighted by Crippen LogP contribution is -2.44. The topological polar surface area (TPSA) is 15.7 Å². The van der Waals surface area contributed by atoms with Crippen molar-refractivity contribution in [2.45, 2.75) is 0 Å². The summed E-state index contributed by atoms with van der Waals surface area (Å²) in [5.74, 6) is 0.411. The Morgan fingerprint density at radius 1 is 1.19 bits per heavy atom. The van der Waals surface area contributed by atoms with Crippen molar-refractivity contribution < 1.29 is 9.13 Å². The second-order valence-electron chi connectivity index (χ2n) is 4.08. The van der Waals surface area contributed by atoms with Crippen LogP contribution in [0.2, 0.25) is 0 Å². The summed E-state index contributed by atoms with van der Waals surface area (Å²) in [6.45, 7) is 3.59. The number of piperazine rings is 1. The molecular formula is C12H17FN2O. The van der Waals surface area contributed by atoms with Crippen molar-refractivity contribution in [1.29, 1.82) is 0 Å². The number of nitrogens with zero attached hydrogens (tertiary/aromatic N) is 2. The molecule has 0 saturated carbocycles. The average Bonchev–Trinajstić information content (AvgIpc) is 2.30. The van der Waals surface area contributed by atoms with Crippen LogP contribution in [-0.2, 0) is 0 Å². The molecule has 1 heterocycles. The van der Waals surface area contributed by atoms with Crippen molar-refractivity contribution in [1.82, 2.24) is 4.90 Å². The van der Waals surface area contributed by atoms with Crippen molar-refractivity contribution >= 4 is 5.69 Å². The molecule has 2 rings (SSSR count). The van der Waals surface area contributed by atoms with E-state index in [0.717, 1.165) is 26.2 Å². The van der Waals surface area contributed by atoms with Crippen LogP contribution in [0.25, 0.3) is 0 Å². The van der Waals surface area contributed by atoms with Gasteiger partial charge in [-0.05, 0) is 19.2 Å². The predicted molar refractivity (Wildman–Crippen MR) is 62.7 cm³/mol. The smallest absolute Gasteiger partial charge is 0.150 e. The van der Waals surface area contributed by atoms with Gasteiger partial charge in [0.1, 0.15) is 17.3 Å². The summed E-state index contributed by atoms with van der Waals surface area (Å²) in [6.07, 6.45) is 0. The van der Waals surface area contributed by atoms with Gasteiger partial charge in [-0.25, -0.2) is 4.39 Å². The number of hydrogen-bond acceptors (Lipinski definition) is 3. The first kappa shape index (κ1) is 11.2. The molecule has 1 aromatic rings. The Kier molecular flexibility index (Phi) is 3.29. The van der Waals surface area contributed by atoms with Crippen molar-refractivity contribution in [3.8, 4) is 5.75 Å². The number of halogens is 1. The van der Waals surface area contributed by atoms with E-state index in [1.54, 1.807) is 19.2 Å². The zero-order valence-electron chi connectivity index (χ0n) is 9.74. The van der Waals surface area contributed by atoms with Crippen LogP contribution in [0.5, 0.6) is 5.75 Å². The normalized spacial score (nSPS) is 17.6. The Hall–Kier alpha value is -1.29. The largest absolute Gasteiger partial charge is 0.494 e. The van der Waals surface area contributed by atoms with Crippen molar-refractivity contribution in [2.24, 2.45) is 0 Å². The number of hydrogen-bond donors (Lipinski definition) is 0. The molecule has 3 nitrogen and oxygen atoms in total. The van der Waals surface area contributed by atoms with Crippen LogP contribution in [0.3, 0.4) is 0 Å².